The molecular formula is C18H28ClNO2. The van der Waals surface area contributed by atoms with Gasteiger partial charge in [-0.25, -0.2) is 0 Å². The van der Waals surface area contributed by atoms with E-state index in [0.29, 0.717) is 13.2 Å². The van der Waals surface area contributed by atoms with Crippen molar-refractivity contribution >= 4 is 12.4 Å². The number of nitrogens with zero attached hydrogens (tertiary/aromatic N) is 1. The summed E-state index contributed by atoms with van der Waals surface area (Å²) >= 11 is 0. The fraction of sp³-hybridized carbons (Fsp3) is 0.556. The Labute approximate surface area is 140 Å². The molecule has 0 amide bonds. The molecule has 0 bridgehead atoms. The zero-order valence-corrected chi connectivity index (χ0v) is 15.0. The third kappa shape index (κ3) is 4.48. The van der Waals surface area contributed by atoms with Crippen LogP contribution in [0.2, 0.25) is 0 Å². The number of ether oxygens (including phenoxy) is 1. The Kier molecular flexibility index (Phi) is 6.08. The lowest BCUT2D eigenvalue weighted by Crippen LogP contribution is -2.53. The predicted molar refractivity (Wildman–Crippen MR) is 93.9 cm³/mol. The van der Waals surface area contributed by atoms with E-state index in [1.807, 2.05) is 31.2 Å². The smallest absolute Gasteiger partial charge is 0.119 e. The van der Waals surface area contributed by atoms with Crippen LogP contribution >= 0.6 is 12.4 Å². The highest BCUT2D eigenvalue weighted by Crippen LogP contribution is 2.34. The van der Waals surface area contributed by atoms with Crippen molar-refractivity contribution in [2.75, 3.05) is 13.2 Å². The first-order valence-corrected chi connectivity index (χ1v) is 7.56. The molecular weight excluding hydrogens is 298 g/mol. The van der Waals surface area contributed by atoms with E-state index < -0.39 is 6.10 Å². The molecule has 1 aromatic rings. The largest absolute Gasteiger partial charge is 0.491 e. The van der Waals surface area contributed by atoms with Gasteiger partial charge in [-0.15, -0.1) is 12.4 Å². The monoisotopic (exact) mass is 325 g/mol. The second kappa shape index (κ2) is 7.03. The van der Waals surface area contributed by atoms with Crippen molar-refractivity contribution in [3.8, 4) is 5.75 Å². The minimum atomic E-state index is -0.510. The van der Waals surface area contributed by atoms with Gasteiger partial charge in [-0.1, -0.05) is 24.3 Å². The molecule has 3 nitrogen and oxygen atoms in total. The first-order chi connectivity index (χ1) is 9.71. The average Bonchev–Trinajstić information content (AvgIpc) is 2.60. The molecule has 2 rings (SSSR count). The van der Waals surface area contributed by atoms with Crippen molar-refractivity contribution < 1.29 is 9.84 Å². The van der Waals surface area contributed by atoms with Gasteiger partial charge in [0.2, 0.25) is 0 Å². The fourth-order valence-electron chi connectivity index (χ4n) is 2.96. The summed E-state index contributed by atoms with van der Waals surface area (Å²) in [4.78, 5) is 2.31. The number of aliphatic hydroxyl groups excluding tert-OH is 1. The second-order valence-corrected chi connectivity index (χ2v) is 7.03. The van der Waals surface area contributed by atoms with E-state index in [4.69, 9.17) is 4.74 Å². The van der Waals surface area contributed by atoms with Gasteiger partial charge in [-0.2, -0.15) is 0 Å². The Hall–Kier alpha value is -1.03. The molecule has 0 radical (unpaired) electrons. The van der Waals surface area contributed by atoms with Crippen LogP contribution in [0.25, 0.3) is 0 Å². The van der Waals surface area contributed by atoms with Crippen molar-refractivity contribution in [2.45, 2.75) is 51.8 Å². The number of benzene rings is 1. The van der Waals surface area contributed by atoms with Gasteiger partial charge in [0.1, 0.15) is 18.5 Å². The van der Waals surface area contributed by atoms with E-state index in [2.05, 4.69) is 44.7 Å². The Morgan fingerprint density at radius 3 is 2.27 bits per heavy atom. The van der Waals surface area contributed by atoms with E-state index in [1.54, 1.807) is 0 Å². The highest BCUT2D eigenvalue weighted by Gasteiger charge is 2.40. The summed E-state index contributed by atoms with van der Waals surface area (Å²) in [5, 5.41) is 10.3. The van der Waals surface area contributed by atoms with Crippen LogP contribution in [0.4, 0.5) is 0 Å². The molecule has 0 fully saturated rings. The lowest BCUT2D eigenvalue weighted by Gasteiger charge is -2.41. The van der Waals surface area contributed by atoms with Gasteiger partial charge < -0.3 is 9.84 Å². The molecule has 1 unspecified atom stereocenters. The van der Waals surface area contributed by atoms with Gasteiger partial charge in [-0.3, -0.25) is 4.90 Å². The number of hydrogen-bond acceptors (Lipinski definition) is 3. The maximum Gasteiger partial charge on any atom is 0.119 e. The van der Waals surface area contributed by atoms with Gasteiger partial charge in [0.15, 0.2) is 0 Å². The summed E-state index contributed by atoms with van der Waals surface area (Å²) in [6, 6.07) is 7.90. The molecule has 1 N–H and O–H groups in total. The highest BCUT2D eigenvalue weighted by molar-refractivity contribution is 5.85. The molecule has 1 aliphatic heterocycles. The number of aliphatic hydroxyl groups is 1. The molecule has 0 saturated heterocycles. The Balaban J connectivity index is 0.00000242. The molecule has 0 aromatic heterocycles. The van der Waals surface area contributed by atoms with E-state index in [1.165, 1.54) is 0 Å². The summed E-state index contributed by atoms with van der Waals surface area (Å²) in [7, 11) is 0. The number of halogens is 1. The fourth-order valence-corrected chi connectivity index (χ4v) is 2.96. The van der Waals surface area contributed by atoms with Crippen LogP contribution in [0, 0.1) is 6.92 Å². The lowest BCUT2D eigenvalue weighted by molar-refractivity contribution is 0.0138. The van der Waals surface area contributed by atoms with E-state index in [0.717, 1.165) is 11.3 Å². The zero-order chi connectivity index (χ0) is 15.7. The number of β-amino-alcohol motifs (C(OH)–C–C–N with tert-alkyl or cyclic N) is 1. The summed E-state index contributed by atoms with van der Waals surface area (Å²) in [5.41, 5.74) is 1.09. The van der Waals surface area contributed by atoms with Crippen LogP contribution in [0.1, 0.15) is 33.3 Å². The Bertz CT molecular complexity index is 508. The van der Waals surface area contributed by atoms with E-state index in [-0.39, 0.29) is 23.5 Å². The van der Waals surface area contributed by atoms with Crippen LogP contribution < -0.4 is 4.74 Å². The summed E-state index contributed by atoms with van der Waals surface area (Å²) in [6.07, 6.45) is 3.91. The molecule has 1 heterocycles. The average molecular weight is 326 g/mol. The van der Waals surface area contributed by atoms with Gasteiger partial charge in [0.25, 0.3) is 0 Å². The van der Waals surface area contributed by atoms with E-state index >= 15 is 0 Å². The maximum atomic E-state index is 10.3. The summed E-state index contributed by atoms with van der Waals surface area (Å²) in [6.45, 7) is 11.6. The molecule has 22 heavy (non-hydrogen) atoms. The molecule has 0 spiro atoms. The van der Waals surface area contributed by atoms with Crippen LogP contribution in [0.15, 0.2) is 36.4 Å². The third-order valence-electron chi connectivity index (χ3n) is 4.12. The normalized spacial score (nSPS) is 20.5. The van der Waals surface area contributed by atoms with Crippen molar-refractivity contribution in [3.05, 3.63) is 42.0 Å². The van der Waals surface area contributed by atoms with Gasteiger partial charge in [-0.05, 0) is 52.3 Å². The van der Waals surface area contributed by atoms with E-state index in [9.17, 15) is 5.11 Å². The first-order valence-electron chi connectivity index (χ1n) is 7.56. The topological polar surface area (TPSA) is 32.7 Å². The molecule has 1 aromatic carbocycles. The molecule has 0 saturated carbocycles. The van der Waals surface area contributed by atoms with Crippen molar-refractivity contribution in [1.82, 2.24) is 4.90 Å². The number of hydrogen-bond donors (Lipinski definition) is 1. The van der Waals surface area contributed by atoms with Crippen molar-refractivity contribution in [1.29, 1.82) is 0 Å². The standard InChI is InChI=1S/C18H27NO2.ClH/c1-14-7-6-8-16(11-14)21-13-15(20)12-19-17(2,3)9-10-18(19,4)5;/h6-11,15,20H,12-13H2,1-5H3;1H. The summed E-state index contributed by atoms with van der Waals surface area (Å²) < 4.78 is 5.70. The number of aryl methyl sites for hydroxylation is 1. The minimum Gasteiger partial charge on any atom is -0.491 e. The molecule has 4 heteroatoms. The minimum absolute atomic E-state index is 0. The first kappa shape index (κ1) is 19.0. The molecule has 1 atom stereocenters. The van der Waals surface area contributed by atoms with Crippen LogP contribution in [0.3, 0.4) is 0 Å². The van der Waals surface area contributed by atoms with Crippen LogP contribution in [-0.4, -0.2) is 40.3 Å². The second-order valence-electron chi connectivity index (χ2n) is 7.03. The quantitative estimate of drug-likeness (QED) is 0.840. The van der Waals surface area contributed by atoms with Gasteiger partial charge in [0.05, 0.1) is 0 Å². The summed E-state index contributed by atoms with van der Waals surface area (Å²) in [5.74, 6) is 0.812. The van der Waals surface area contributed by atoms with Crippen molar-refractivity contribution in [3.63, 3.8) is 0 Å². The highest BCUT2D eigenvalue weighted by atomic mass is 35.5. The predicted octanol–water partition coefficient (Wildman–Crippen LogP) is 3.59. The Morgan fingerprint density at radius 2 is 1.73 bits per heavy atom. The van der Waals surface area contributed by atoms with Crippen LogP contribution in [0.5, 0.6) is 5.75 Å². The molecule has 0 aliphatic carbocycles. The third-order valence-corrected chi connectivity index (χ3v) is 4.12. The SMILES string of the molecule is Cc1cccc(OCC(O)CN2C(C)(C)C=CC2(C)C)c1.Cl. The van der Waals surface area contributed by atoms with Crippen molar-refractivity contribution in [2.24, 2.45) is 0 Å². The lowest BCUT2D eigenvalue weighted by atomic mass is 10.0. The zero-order valence-electron chi connectivity index (χ0n) is 14.2. The number of rotatable bonds is 5. The van der Waals surface area contributed by atoms with Gasteiger partial charge in [0, 0.05) is 17.6 Å². The molecule has 124 valence electrons. The van der Waals surface area contributed by atoms with Crippen LogP contribution in [-0.2, 0) is 0 Å². The maximum absolute atomic E-state index is 10.3. The van der Waals surface area contributed by atoms with Gasteiger partial charge >= 0.3 is 0 Å². The Morgan fingerprint density at radius 1 is 1.14 bits per heavy atom. The molecule has 1 aliphatic rings.